The van der Waals surface area contributed by atoms with Crippen molar-refractivity contribution >= 4 is 11.9 Å². The van der Waals surface area contributed by atoms with Gasteiger partial charge in [0, 0.05) is 12.2 Å². The molecule has 5 nitrogen and oxygen atoms in total. The van der Waals surface area contributed by atoms with E-state index in [0.717, 1.165) is 12.2 Å². The summed E-state index contributed by atoms with van der Waals surface area (Å²) in [5, 5.41) is 0. The molecule has 0 spiro atoms. The fourth-order valence-electron chi connectivity index (χ4n) is 1.06. The zero-order valence-corrected chi connectivity index (χ0v) is 11.7. The Balaban J connectivity index is 4.63. The van der Waals surface area contributed by atoms with E-state index in [1.165, 1.54) is 6.08 Å². The number of hydrogen-bond acceptors (Lipinski definition) is 5. The van der Waals surface area contributed by atoms with E-state index in [9.17, 15) is 9.59 Å². The predicted octanol–water partition coefficient (Wildman–Crippen LogP) is 2.17. The smallest absolute Gasteiger partial charge is 0.330 e. The zero-order chi connectivity index (χ0) is 15.6. The van der Waals surface area contributed by atoms with E-state index < -0.39 is 17.4 Å². The summed E-state index contributed by atoms with van der Waals surface area (Å²) in [5.41, 5.74) is -0.719. The van der Waals surface area contributed by atoms with E-state index >= 15 is 0 Å². The second-order valence-corrected chi connectivity index (χ2v) is 4.39. The summed E-state index contributed by atoms with van der Waals surface area (Å²) < 4.78 is 15.3. The van der Waals surface area contributed by atoms with Crippen molar-refractivity contribution in [2.45, 2.75) is 6.92 Å². The Bertz CT molecular complexity index is 349. The highest BCUT2D eigenvalue weighted by Crippen LogP contribution is 2.20. The molecule has 110 valence electrons. The average Bonchev–Trinajstić information content (AvgIpc) is 2.47. The number of carbonyl (C=O) groups is 2. The summed E-state index contributed by atoms with van der Waals surface area (Å²) in [4.78, 5) is 22.2. The zero-order valence-electron chi connectivity index (χ0n) is 11.7. The van der Waals surface area contributed by atoms with Gasteiger partial charge in [0.15, 0.2) is 0 Å². The molecule has 0 aromatic rings. The fraction of sp³-hybridized carbons (Fsp3) is 0.333. The monoisotopic (exact) mass is 280 g/mol. The topological polar surface area (TPSA) is 61.8 Å². The average molecular weight is 280 g/mol. The minimum Gasteiger partial charge on any atom is -0.493 e. The molecule has 0 rings (SSSR count). The highest BCUT2D eigenvalue weighted by molar-refractivity contribution is 5.81. The minimum atomic E-state index is -0.719. The lowest BCUT2D eigenvalue weighted by Gasteiger charge is -2.28. The fourth-order valence-corrected chi connectivity index (χ4v) is 1.06. The summed E-state index contributed by atoms with van der Waals surface area (Å²) in [7, 11) is 0. The van der Waals surface area contributed by atoms with Gasteiger partial charge in [0.25, 0.3) is 0 Å². The highest BCUT2D eigenvalue weighted by atomic mass is 16.6. The van der Waals surface area contributed by atoms with E-state index in [0.29, 0.717) is 5.76 Å². The standard InChI is InChI=1S/C15H20O5/c1-6-12(4)18-9-15(5,10-19-13(16)7-2)11-20-14(17)8-3/h6-8H,1-4,9-11H2,5H3. The minimum absolute atomic E-state index is 0.00665. The first-order valence-corrected chi connectivity index (χ1v) is 5.89. The molecule has 0 radical (unpaired) electrons. The van der Waals surface area contributed by atoms with E-state index in [2.05, 4.69) is 26.3 Å². The predicted molar refractivity (Wildman–Crippen MR) is 75.7 cm³/mol. The van der Waals surface area contributed by atoms with Crippen LogP contribution in [0.4, 0.5) is 0 Å². The van der Waals surface area contributed by atoms with E-state index in [-0.39, 0.29) is 19.8 Å². The maximum Gasteiger partial charge on any atom is 0.330 e. The first-order chi connectivity index (χ1) is 9.36. The van der Waals surface area contributed by atoms with Crippen molar-refractivity contribution in [2.75, 3.05) is 19.8 Å². The van der Waals surface area contributed by atoms with Crippen molar-refractivity contribution in [2.24, 2.45) is 5.41 Å². The Kier molecular flexibility index (Phi) is 7.74. The van der Waals surface area contributed by atoms with Crippen molar-refractivity contribution in [3.05, 3.63) is 50.3 Å². The van der Waals surface area contributed by atoms with Gasteiger partial charge in [-0.05, 0) is 13.0 Å². The van der Waals surface area contributed by atoms with Gasteiger partial charge >= 0.3 is 11.9 Å². The Hall–Kier alpha value is -2.30. The molecule has 0 amide bonds. The van der Waals surface area contributed by atoms with Gasteiger partial charge in [0.05, 0.1) is 5.41 Å². The lowest BCUT2D eigenvalue weighted by molar-refractivity contribution is -0.149. The quantitative estimate of drug-likeness (QED) is 0.265. The Morgan fingerprint density at radius 2 is 1.30 bits per heavy atom. The van der Waals surface area contributed by atoms with Gasteiger partial charge in [0.1, 0.15) is 25.6 Å². The van der Waals surface area contributed by atoms with Crippen LogP contribution in [0.15, 0.2) is 50.3 Å². The van der Waals surface area contributed by atoms with Crippen LogP contribution >= 0.6 is 0 Å². The SMILES string of the molecule is C=CC(=C)OCC(C)(COC(=O)C=C)COC(=O)C=C. The van der Waals surface area contributed by atoms with Gasteiger partial charge < -0.3 is 14.2 Å². The molecule has 0 N–H and O–H groups in total. The number of ether oxygens (including phenoxy) is 3. The van der Waals surface area contributed by atoms with Crippen LogP contribution in [0, 0.1) is 5.41 Å². The van der Waals surface area contributed by atoms with E-state index in [1.807, 2.05) is 0 Å². The van der Waals surface area contributed by atoms with Crippen LogP contribution in [0.3, 0.4) is 0 Å². The number of carbonyl (C=O) groups excluding carboxylic acids is 2. The number of hydrogen-bond donors (Lipinski definition) is 0. The van der Waals surface area contributed by atoms with E-state index in [4.69, 9.17) is 14.2 Å². The van der Waals surface area contributed by atoms with Gasteiger partial charge in [0.2, 0.25) is 0 Å². The largest absolute Gasteiger partial charge is 0.493 e. The molecular formula is C15H20O5. The molecule has 0 atom stereocenters. The molecule has 0 aromatic carbocycles. The van der Waals surface area contributed by atoms with Crippen LogP contribution in [0.1, 0.15) is 6.92 Å². The third kappa shape index (κ3) is 7.20. The lowest BCUT2D eigenvalue weighted by Crippen LogP contribution is -2.35. The molecule has 0 aliphatic rings. The highest BCUT2D eigenvalue weighted by Gasteiger charge is 2.29. The van der Waals surface area contributed by atoms with Crippen LogP contribution in [-0.4, -0.2) is 31.8 Å². The first-order valence-electron chi connectivity index (χ1n) is 5.89. The van der Waals surface area contributed by atoms with Crippen LogP contribution in [0.25, 0.3) is 0 Å². The molecule has 20 heavy (non-hydrogen) atoms. The van der Waals surface area contributed by atoms with Crippen LogP contribution in [-0.2, 0) is 23.8 Å². The third-order valence-electron chi connectivity index (χ3n) is 2.29. The molecule has 0 bridgehead atoms. The Morgan fingerprint density at radius 1 is 0.900 bits per heavy atom. The molecule has 5 heteroatoms. The Morgan fingerprint density at radius 3 is 1.65 bits per heavy atom. The summed E-state index contributed by atoms with van der Waals surface area (Å²) in [6.45, 7) is 15.6. The second kappa shape index (κ2) is 8.74. The molecule has 0 heterocycles. The van der Waals surface area contributed by atoms with Gasteiger partial charge in [-0.2, -0.15) is 0 Å². The summed E-state index contributed by atoms with van der Waals surface area (Å²) in [6, 6.07) is 0. The van der Waals surface area contributed by atoms with Crippen molar-refractivity contribution < 1.29 is 23.8 Å². The molecule has 0 unspecified atom stereocenters. The van der Waals surface area contributed by atoms with E-state index in [1.54, 1.807) is 6.92 Å². The second-order valence-electron chi connectivity index (χ2n) is 4.39. The molecular weight excluding hydrogens is 260 g/mol. The van der Waals surface area contributed by atoms with Crippen LogP contribution in [0.2, 0.25) is 0 Å². The van der Waals surface area contributed by atoms with Crippen molar-refractivity contribution in [3.8, 4) is 0 Å². The molecule has 0 aromatic heterocycles. The summed E-state index contributed by atoms with van der Waals surface area (Å²) in [6.07, 6.45) is 3.56. The molecule has 0 saturated carbocycles. The number of rotatable bonds is 10. The third-order valence-corrected chi connectivity index (χ3v) is 2.29. The van der Waals surface area contributed by atoms with Crippen molar-refractivity contribution in [1.29, 1.82) is 0 Å². The molecule has 0 fully saturated rings. The van der Waals surface area contributed by atoms with Crippen LogP contribution in [0.5, 0.6) is 0 Å². The normalized spacial score (nSPS) is 10.1. The molecule has 0 aliphatic carbocycles. The lowest BCUT2D eigenvalue weighted by atomic mass is 9.94. The van der Waals surface area contributed by atoms with Gasteiger partial charge in [-0.25, -0.2) is 9.59 Å². The van der Waals surface area contributed by atoms with Gasteiger partial charge in [-0.3, -0.25) is 0 Å². The first kappa shape index (κ1) is 17.7. The van der Waals surface area contributed by atoms with Crippen molar-refractivity contribution in [3.63, 3.8) is 0 Å². The maximum absolute atomic E-state index is 11.1. The molecule has 0 aliphatic heterocycles. The summed E-state index contributed by atoms with van der Waals surface area (Å²) in [5.74, 6) is -0.746. The van der Waals surface area contributed by atoms with Gasteiger partial charge in [-0.15, -0.1) is 0 Å². The number of allylic oxidation sites excluding steroid dienone is 1. The van der Waals surface area contributed by atoms with Crippen LogP contribution < -0.4 is 0 Å². The maximum atomic E-state index is 11.1. The molecule has 0 saturated heterocycles. The summed E-state index contributed by atoms with van der Waals surface area (Å²) >= 11 is 0. The van der Waals surface area contributed by atoms with Crippen molar-refractivity contribution in [1.82, 2.24) is 0 Å². The van der Waals surface area contributed by atoms with Gasteiger partial charge in [-0.1, -0.05) is 26.3 Å². The Labute approximate surface area is 119 Å². The number of esters is 2.